The molecule has 0 saturated carbocycles. The molecule has 0 bridgehead atoms. The zero-order chi connectivity index (χ0) is 33.7. The number of likely N-dealkylation sites (N-methyl/N-ethyl adjacent to an activating group) is 1. The van der Waals surface area contributed by atoms with Crippen molar-refractivity contribution in [2.75, 3.05) is 46.3 Å². The highest BCUT2D eigenvalue weighted by Gasteiger charge is 2.20. The Morgan fingerprint density at radius 1 is 0.717 bits per heavy atom. The van der Waals surface area contributed by atoms with Crippen LogP contribution in [-0.4, -0.2) is 87.5 Å². The van der Waals surface area contributed by atoms with Gasteiger partial charge < -0.3 is 53.7 Å². The average molecular weight is 645 g/mol. The van der Waals surface area contributed by atoms with Gasteiger partial charge in [0.2, 0.25) is 0 Å². The lowest BCUT2D eigenvalue weighted by Crippen LogP contribution is -2.54. The number of para-hydroxylation sites is 1. The van der Waals surface area contributed by atoms with Crippen LogP contribution < -0.4 is 48.7 Å². The second kappa shape index (κ2) is 22.1. The van der Waals surface area contributed by atoms with E-state index < -0.39 is 6.04 Å². The van der Waals surface area contributed by atoms with Gasteiger partial charge in [0.25, 0.3) is 0 Å². The average Bonchev–Trinajstić information content (AvgIpc) is 3.44. The number of hydrogen-bond acceptors (Lipinski definition) is 6. The van der Waals surface area contributed by atoms with Crippen LogP contribution >= 0.6 is 0 Å². The number of H-pyrrole nitrogens is 1. The first-order valence-electron chi connectivity index (χ1n) is 16.9. The fourth-order valence-electron chi connectivity index (χ4n) is 5.14. The highest BCUT2D eigenvalue weighted by molar-refractivity contribution is 5.83. The second-order valence-electron chi connectivity index (χ2n) is 12.6. The van der Waals surface area contributed by atoms with Gasteiger partial charge in [0.1, 0.15) is 0 Å². The van der Waals surface area contributed by atoms with Crippen LogP contribution in [0.4, 0.5) is 14.4 Å². The standard InChI is InChI=1S/C33H60N10O3/c1-23(2)24(3)18-38-31(44)42-27(12-8-10-16-35)21-39-33(46)43-28(17-25-19-37-30-14-6-5-13-29(25)30)22-40-32(45)41-26(20-36-4)11-7-9-15-34/h5-6,13-14,19,23-24,26-28,36-37H,7-12,15-18,20-22,34-35H2,1-4H3,(H2,38,42,44)(H2,39,43,46)(H2,40,41,45)/t24?,26-,27-,28-/m0/s1. The molecule has 2 aromatic rings. The number of rotatable bonds is 22. The monoisotopic (exact) mass is 644 g/mol. The molecule has 6 amide bonds. The molecular formula is C33H60N10O3. The van der Waals surface area contributed by atoms with E-state index in [1.807, 2.05) is 37.5 Å². The van der Waals surface area contributed by atoms with Crippen molar-refractivity contribution in [2.24, 2.45) is 23.3 Å². The van der Waals surface area contributed by atoms with Gasteiger partial charge in [0.05, 0.1) is 6.04 Å². The summed E-state index contributed by atoms with van der Waals surface area (Å²) in [5.74, 6) is 0.806. The summed E-state index contributed by atoms with van der Waals surface area (Å²) >= 11 is 0. The molecule has 0 aliphatic rings. The van der Waals surface area contributed by atoms with Crippen LogP contribution in [0.2, 0.25) is 0 Å². The Morgan fingerprint density at radius 3 is 1.80 bits per heavy atom. The Morgan fingerprint density at radius 2 is 1.24 bits per heavy atom. The number of nitrogens with two attached hydrogens (primary N) is 2. The lowest BCUT2D eigenvalue weighted by molar-refractivity contribution is 0.225. The molecular weight excluding hydrogens is 584 g/mol. The molecule has 1 unspecified atom stereocenters. The Balaban J connectivity index is 2.03. The van der Waals surface area contributed by atoms with E-state index in [-0.39, 0.29) is 43.3 Å². The minimum Gasteiger partial charge on any atom is -0.361 e. The van der Waals surface area contributed by atoms with Crippen LogP contribution in [0.15, 0.2) is 30.5 Å². The SMILES string of the molecule is CNC[C@H](CCCCN)NC(=O)NC[C@H](Cc1c[nH]c2ccccc12)NC(=O)NC[C@H](CCCCN)NC(=O)NCC(C)C(C)C. The Bertz CT molecular complexity index is 1160. The van der Waals surface area contributed by atoms with Gasteiger partial charge in [0.15, 0.2) is 0 Å². The molecule has 0 radical (unpaired) electrons. The van der Waals surface area contributed by atoms with E-state index >= 15 is 0 Å². The Kier molecular flexibility index (Phi) is 18.5. The molecule has 0 aliphatic carbocycles. The highest BCUT2D eigenvalue weighted by Crippen LogP contribution is 2.19. The van der Waals surface area contributed by atoms with Gasteiger partial charge in [-0.1, -0.05) is 51.8 Å². The van der Waals surface area contributed by atoms with E-state index in [0.717, 1.165) is 48.6 Å². The first-order valence-corrected chi connectivity index (χ1v) is 16.9. The first kappa shape index (κ1) is 38.6. The predicted molar refractivity (Wildman–Crippen MR) is 187 cm³/mol. The van der Waals surface area contributed by atoms with Crippen molar-refractivity contribution in [3.63, 3.8) is 0 Å². The lowest BCUT2D eigenvalue weighted by atomic mass is 9.98. The fourth-order valence-corrected chi connectivity index (χ4v) is 5.14. The highest BCUT2D eigenvalue weighted by atomic mass is 16.2. The molecule has 0 aliphatic heterocycles. The van der Waals surface area contributed by atoms with E-state index in [1.165, 1.54) is 0 Å². The van der Waals surface area contributed by atoms with Gasteiger partial charge in [0, 0.05) is 55.4 Å². The van der Waals surface area contributed by atoms with Gasteiger partial charge in [-0.05, 0) is 75.7 Å². The predicted octanol–water partition coefficient (Wildman–Crippen LogP) is 2.48. The van der Waals surface area contributed by atoms with Gasteiger partial charge >= 0.3 is 18.1 Å². The van der Waals surface area contributed by atoms with Gasteiger partial charge in [-0.2, -0.15) is 0 Å². The van der Waals surface area contributed by atoms with E-state index in [4.69, 9.17) is 11.5 Å². The molecule has 13 nitrogen and oxygen atoms in total. The molecule has 260 valence electrons. The molecule has 0 fully saturated rings. The van der Waals surface area contributed by atoms with Crippen LogP contribution in [0, 0.1) is 11.8 Å². The zero-order valence-electron chi connectivity index (χ0n) is 28.3. The third-order valence-corrected chi connectivity index (χ3v) is 8.35. The molecule has 2 rings (SSSR count). The summed E-state index contributed by atoms with van der Waals surface area (Å²) < 4.78 is 0. The number of unbranched alkanes of at least 4 members (excludes halogenated alkanes) is 2. The van der Waals surface area contributed by atoms with Crippen LogP contribution in [0.3, 0.4) is 0 Å². The number of aromatic nitrogens is 1. The topological polar surface area (TPSA) is 203 Å². The third-order valence-electron chi connectivity index (χ3n) is 8.35. The lowest BCUT2D eigenvalue weighted by Gasteiger charge is -2.24. The number of fused-ring (bicyclic) bond motifs is 1. The molecule has 13 heteroatoms. The molecule has 12 N–H and O–H groups in total. The molecule has 1 heterocycles. The van der Waals surface area contributed by atoms with Crippen molar-refractivity contribution in [1.29, 1.82) is 0 Å². The summed E-state index contributed by atoms with van der Waals surface area (Å²) in [4.78, 5) is 42.0. The van der Waals surface area contributed by atoms with Crippen molar-refractivity contribution in [1.82, 2.24) is 42.2 Å². The number of aromatic amines is 1. The molecule has 1 aromatic heterocycles. The summed E-state index contributed by atoms with van der Waals surface area (Å²) in [5.41, 5.74) is 13.4. The number of benzene rings is 1. The van der Waals surface area contributed by atoms with Crippen LogP contribution in [0.25, 0.3) is 10.9 Å². The van der Waals surface area contributed by atoms with Crippen molar-refractivity contribution in [2.45, 2.75) is 83.8 Å². The summed E-state index contributed by atoms with van der Waals surface area (Å²) in [6, 6.07) is 6.38. The van der Waals surface area contributed by atoms with Crippen LogP contribution in [-0.2, 0) is 6.42 Å². The first-order chi connectivity index (χ1) is 22.2. The molecule has 0 saturated heterocycles. The number of nitrogens with one attached hydrogen (secondary N) is 8. The Hall–Kier alpha value is -3.55. The summed E-state index contributed by atoms with van der Waals surface area (Å²) in [5, 5.41) is 22.1. The summed E-state index contributed by atoms with van der Waals surface area (Å²) in [6.07, 6.45) is 7.44. The minimum atomic E-state index is -0.394. The third kappa shape index (κ3) is 15.2. The molecule has 0 spiro atoms. The maximum absolute atomic E-state index is 13.2. The summed E-state index contributed by atoms with van der Waals surface area (Å²) in [6.45, 7) is 9.25. The van der Waals surface area contributed by atoms with E-state index in [1.54, 1.807) is 0 Å². The van der Waals surface area contributed by atoms with Gasteiger partial charge in [-0.3, -0.25) is 0 Å². The molecule has 1 aromatic carbocycles. The van der Waals surface area contributed by atoms with Gasteiger partial charge in [-0.15, -0.1) is 0 Å². The van der Waals surface area contributed by atoms with Crippen LogP contribution in [0.5, 0.6) is 0 Å². The van der Waals surface area contributed by atoms with Crippen molar-refractivity contribution in [3.05, 3.63) is 36.0 Å². The van der Waals surface area contributed by atoms with E-state index in [0.29, 0.717) is 50.9 Å². The van der Waals surface area contributed by atoms with Crippen LogP contribution in [0.1, 0.15) is 64.9 Å². The number of hydrogen-bond donors (Lipinski definition) is 10. The quantitative estimate of drug-likeness (QED) is 0.0872. The number of urea groups is 3. The second-order valence-corrected chi connectivity index (χ2v) is 12.6. The van der Waals surface area contributed by atoms with Gasteiger partial charge in [-0.25, -0.2) is 14.4 Å². The molecule has 46 heavy (non-hydrogen) atoms. The number of amides is 6. The normalized spacial score (nSPS) is 13.9. The Labute approximate surface area is 274 Å². The smallest absolute Gasteiger partial charge is 0.315 e. The minimum absolute atomic E-state index is 0.0330. The maximum atomic E-state index is 13.2. The van der Waals surface area contributed by atoms with Crippen molar-refractivity contribution < 1.29 is 14.4 Å². The number of carbonyl (C=O) groups is 3. The maximum Gasteiger partial charge on any atom is 0.315 e. The fraction of sp³-hybridized carbons (Fsp3) is 0.667. The molecule has 4 atom stereocenters. The zero-order valence-corrected chi connectivity index (χ0v) is 28.3. The van der Waals surface area contributed by atoms with Crippen molar-refractivity contribution in [3.8, 4) is 0 Å². The largest absolute Gasteiger partial charge is 0.361 e. The van der Waals surface area contributed by atoms with E-state index in [9.17, 15) is 14.4 Å². The van der Waals surface area contributed by atoms with Crippen molar-refractivity contribution >= 4 is 29.0 Å². The number of carbonyl (C=O) groups excluding carboxylic acids is 3. The summed E-state index contributed by atoms with van der Waals surface area (Å²) in [7, 11) is 1.85. The van der Waals surface area contributed by atoms with E-state index in [2.05, 4.69) is 63.0 Å².